The highest BCUT2D eigenvalue weighted by molar-refractivity contribution is 5.94. The Hall–Kier alpha value is -2.76. The van der Waals surface area contributed by atoms with Crippen LogP contribution in [0.15, 0.2) is 42.6 Å². The zero-order valence-corrected chi connectivity index (χ0v) is 15.3. The molecule has 0 N–H and O–H groups in total. The Labute approximate surface area is 152 Å². The molecule has 1 aromatic carbocycles. The van der Waals surface area contributed by atoms with Gasteiger partial charge in [0.25, 0.3) is 0 Å². The van der Waals surface area contributed by atoms with E-state index >= 15 is 0 Å². The third-order valence-corrected chi connectivity index (χ3v) is 4.59. The zero-order chi connectivity index (χ0) is 18.7. The number of hydrogen-bond acceptors (Lipinski definition) is 4. The molecule has 0 bridgehead atoms. The summed E-state index contributed by atoms with van der Waals surface area (Å²) in [6, 6.07) is 10.4. The van der Waals surface area contributed by atoms with Crippen molar-refractivity contribution in [2.24, 2.45) is 0 Å². The van der Waals surface area contributed by atoms with E-state index in [1.54, 1.807) is 22.8 Å². The van der Waals surface area contributed by atoms with Crippen molar-refractivity contribution < 1.29 is 9.18 Å². The monoisotopic (exact) mass is 354 g/mol. The summed E-state index contributed by atoms with van der Waals surface area (Å²) in [6.45, 7) is 6.64. The molecule has 2 heterocycles. The van der Waals surface area contributed by atoms with Gasteiger partial charge >= 0.3 is 0 Å². The summed E-state index contributed by atoms with van der Waals surface area (Å²) in [7, 11) is 0. The number of carbonyl (C=O) groups is 1. The highest BCUT2D eigenvalue weighted by atomic mass is 19.1. The Morgan fingerprint density at radius 1 is 1.23 bits per heavy atom. The van der Waals surface area contributed by atoms with Crippen molar-refractivity contribution in [2.75, 3.05) is 11.4 Å². The molecular weight excluding hydrogens is 331 g/mol. The predicted octanol–water partition coefficient (Wildman–Crippen LogP) is 4.44. The van der Waals surface area contributed by atoms with E-state index < -0.39 is 0 Å². The molecule has 6 heteroatoms. The van der Waals surface area contributed by atoms with Gasteiger partial charge in [-0.25, -0.2) is 13.9 Å². The summed E-state index contributed by atoms with van der Waals surface area (Å²) in [5, 5.41) is 4.66. The van der Waals surface area contributed by atoms with Crippen LogP contribution in [-0.2, 0) is 0 Å². The number of imidazole rings is 1. The zero-order valence-electron chi connectivity index (χ0n) is 15.3. The van der Waals surface area contributed by atoms with Crippen LogP contribution in [0.3, 0.4) is 0 Å². The Bertz CT molecular complexity index is 921. The van der Waals surface area contributed by atoms with E-state index in [0.29, 0.717) is 24.3 Å². The molecule has 0 saturated heterocycles. The maximum atomic E-state index is 13.7. The van der Waals surface area contributed by atoms with Crippen molar-refractivity contribution in [3.8, 4) is 0 Å². The van der Waals surface area contributed by atoms with Crippen molar-refractivity contribution in [1.82, 2.24) is 14.6 Å². The molecule has 0 radical (unpaired) electrons. The maximum absolute atomic E-state index is 13.7. The van der Waals surface area contributed by atoms with Crippen molar-refractivity contribution in [3.05, 3.63) is 59.7 Å². The van der Waals surface area contributed by atoms with Crippen LogP contribution in [0, 0.1) is 5.82 Å². The van der Waals surface area contributed by atoms with Crippen LogP contribution in [0.5, 0.6) is 0 Å². The molecule has 26 heavy (non-hydrogen) atoms. The number of benzene rings is 1. The van der Waals surface area contributed by atoms with Crippen LogP contribution < -0.4 is 4.90 Å². The fraction of sp³-hybridized carbons (Fsp3) is 0.350. The third-order valence-electron chi connectivity index (χ3n) is 4.59. The van der Waals surface area contributed by atoms with Gasteiger partial charge in [0.05, 0.1) is 12.2 Å². The average molecular weight is 354 g/mol. The third kappa shape index (κ3) is 3.31. The van der Waals surface area contributed by atoms with Crippen LogP contribution in [0.4, 0.5) is 10.2 Å². The molecule has 1 unspecified atom stereocenters. The van der Waals surface area contributed by atoms with E-state index in [1.165, 1.54) is 6.07 Å². The SMILES string of the molecule is CCC(=O)c1cnc2ccc(N(CC)C(CC)c3cccc(F)c3)nn12. The summed E-state index contributed by atoms with van der Waals surface area (Å²) in [4.78, 5) is 18.5. The number of carbonyl (C=O) groups excluding carboxylic acids is 1. The van der Waals surface area contributed by atoms with Crippen molar-refractivity contribution in [2.45, 2.75) is 39.7 Å². The van der Waals surface area contributed by atoms with Crippen molar-refractivity contribution >= 4 is 17.2 Å². The van der Waals surface area contributed by atoms with Crippen LogP contribution in [-0.4, -0.2) is 26.9 Å². The lowest BCUT2D eigenvalue weighted by Crippen LogP contribution is -2.29. The first-order valence-electron chi connectivity index (χ1n) is 8.99. The van der Waals surface area contributed by atoms with Gasteiger partial charge in [-0.15, -0.1) is 5.10 Å². The van der Waals surface area contributed by atoms with E-state index in [4.69, 9.17) is 0 Å². The lowest BCUT2D eigenvalue weighted by molar-refractivity contribution is 0.0981. The van der Waals surface area contributed by atoms with Gasteiger partial charge in [0, 0.05) is 13.0 Å². The maximum Gasteiger partial charge on any atom is 0.182 e. The van der Waals surface area contributed by atoms with Gasteiger partial charge in [-0.2, -0.15) is 0 Å². The topological polar surface area (TPSA) is 50.5 Å². The van der Waals surface area contributed by atoms with E-state index in [-0.39, 0.29) is 17.6 Å². The molecule has 3 aromatic rings. The number of ketones is 1. The first-order valence-corrected chi connectivity index (χ1v) is 8.99. The van der Waals surface area contributed by atoms with Crippen LogP contribution in [0.25, 0.3) is 5.65 Å². The summed E-state index contributed by atoms with van der Waals surface area (Å²) >= 11 is 0. The molecular formula is C20H23FN4O. The van der Waals surface area contributed by atoms with Crippen molar-refractivity contribution in [1.29, 1.82) is 0 Å². The van der Waals surface area contributed by atoms with Gasteiger partial charge in [-0.3, -0.25) is 4.79 Å². The molecule has 2 aromatic heterocycles. The fourth-order valence-electron chi connectivity index (χ4n) is 3.28. The number of fused-ring (bicyclic) bond motifs is 1. The summed E-state index contributed by atoms with van der Waals surface area (Å²) < 4.78 is 15.3. The number of anilines is 1. The number of nitrogens with zero attached hydrogens (tertiary/aromatic N) is 4. The summed E-state index contributed by atoms with van der Waals surface area (Å²) in [6.07, 6.45) is 2.78. The molecule has 0 spiro atoms. The molecule has 5 nitrogen and oxygen atoms in total. The minimum atomic E-state index is -0.245. The van der Waals surface area contributed by atoms with Gasteiger partial charge in [0.1, 0.15) is 17.3 Å². The Morgan fingerprint density at radius 2 is 2.04 bits per heavy atom. The number of rotatable bonds is 7. The van der Waals surface area contributed by atoms with Crippen molar-refractivity contribution in [3.63, 3.8) is 0 Å². The second kappa shape index (κ2) is 7.64. The highest BCUT2D eigenvalue weighted by Gasteiger charge is 2.21. The van der Waals surface area contributed by atoms with E-state index in [1.807, 2.05) is 32.0 Å². The number of aromatic nitrogens is 3. The molecule has 136 valence electrons. The molecule has 0 saturated carbocycles. The summed E-state index contributed by atoms with van der Waals surface area (Å²) in [5.74, 6) is 0.493. The normalized spacial score (nSPS) is 12.3. The largest absolute Gasteiger partial charge is 0.348 e. The lowest BCUT2D eigenvalue weighted by atomic mass is 10.0. The molecule has 1 atom stereocenters. The van der Waals surface area contributed by atoms with Gasteiger partial charge in [0.15, 0.2) is 11.4 Å². The number of halogens is 1. The molecule has 0 aliphatic carbocycles. The quantitative estimate of drug-likeness (QED) is 0.589. The van der Waals surface area contributed by atoms with Crippen LogP contribution in [0.2, 0.25) is 0 Å². The summed E-state index contributed by atoms with van der Waals surface area (Å²) in [5.41, 5.74) is 2.03. The molecule has 3 rings (SSSR count). The number of Topliss-reactive ketones (excluding diaryl/α,β-unsaturated/α-hetero) is 1. The van der Waals surface area contributed by atoms with Gasteiger partial charge in [-0.1, -0.05) is 26.0 Å². The molecule has 0 amide bonds. The van der Waals surface area contributed by atoms with E-state index in [9.17, 15) is 9.18 Å². The standard InChI is InChI=1S/C20H23FN4O/c1-4-16(14-8-7-9-15(21)12-14)24(6-3)20-11-10-19-22-13-17(18(26)5-2)25(19)23-20/h7-13,16H,4-6H2,1-3H3. The van der Waals surface area contributed by atoms with Crippen LogP contribution in [0.1, 0.15) is 55.7 Å². The van der Waals surface area contributed by atoms with Gasteiger partial charge < -0.3 is 4.90 Å². The number of hydrogen-bond donors (Lipinski definition) is 0. The second-order valence-electron chi connectivity index (χ2n) is 6.15. The first kappa shape index (κ1) is 18.0. The fourth-order valence-corrected chi connectivity index (χ4v) is 3.28. The Morgan fingerprint density at radius 3 is 2.69 bits per heavy atom. The Balaban J connectivity index is 2.05. The lowest BCUT2D eigenvalue weighted by Gasteiger charge is -2.31. The van der Waals surface area contributed by atoms with E-state index in [2.05, 4.69) is 21.9 Å². The minimum absolute atomic E-state index is 0.00219. The highest BCUT2D eigenvalue weighted by Crippen LogP contribution is 2.29. The van der Waals surface area contributed by atoms with Crippen LogP contribution >= 0.6 is 0 Å². The molecule has 0 fully saturated rings. The average Bonchev–Trinajstić information content (AvgIpc) is 3.08. The molecule has 0 aliphatic rings. The predicted molar refractivity (Wildman–Crippen MR) is 100 cm³/mol. The Kier molecular flexibility index (Phi) is 5.30. The van der Waals surface area contributed by atoms with Gasteiger partial charge in [-0.05, 0) is 43.2 Å². The minimum Gasteiger partial charge on any atom is -0.348 e. The first-order chi connectivity index (χ1) is 12.6. The molecule has 0 aliphatic heterocycles. The second-order valence-corrected chi connectivity index (χ2v) is 6.15. The van der Waals surface area contributed by atoms with E-state index in [0.717, 1.165) is 17.8 Å². The van der Waals surface area contributed by atoms with Gasteiger partial charge in [0.2, 0.25) is 0 Å². The smallest absolute Gasteiger partial charge is 0.182 e.